The summed E-state index contributed by atoms with van der Waals surface area (Å²) in [6, 6.07) is 0. The first kappa shape index (κ1) is 61.8. The van der Waals surface area contributed by atoms with Crippen molar-refractivity contribution in [3.63, 3.8) is 0 Å². The van der Waals surface area contributed by atoms with Crippen LogP contribution in [0.1, 0.15) is 220 Å². The highest BCUT2D eigenvalue weighted by atomic mass is 16.6. The summed E-state index contributed by atoms with van der Waals surface area (Å²) in [5, 5.41) is 0. The zero-order chi connectivity index (χ0) is 47.9. The Bertz CT molecular complexity index is 1420. The normalized spacial score (nSPS) is 13.1. The second-order valence-electron chi connectivity index (χ2n) is 17.1. The molecule has 0 fully saturated rings. The van der Waals surface area contributed by atoms with Gasteiger partial charge in [0.2, 0.25) is 0 Å². The Hall–Kier alpha value is -4.19. The number of hydrogen-bond acceptors (Lipinski definition) is 6. The summed E-state index contributed by atoms with van der Waals surface area (Å²) in [6.45, 7) is 6.30. The Morgan fingerprint density at radius 2 is 0.667 bits per heavy atom. The maximum Gasteiger partial charge on any atom is 0.306 e. The predicted octanol–water partition coefficient (Wildman–Crippen LogP) is 17.7. The maximum atomic E-state index is 12.8. The average molecular weight is 913 g/mol. The molecule has 6 nitrogen and oxygen atoms in total. The maximum absolute atomic E-state index is 12.8. The number of allylic oxidation sites excluding steroid dienone is 20. The molecule has 0 bridgehead atoms. The van der Waals surface area contributed by atoms with Crippen molar-refractivity contribution in [3.05, 3.63) is 122 Å². The molecule has 0 radical (unpaired) electrons. The number of esters is 3. The van der Waals surface area contributed by atoms with Crippen molar-refractivity contribution in [1.82, 2.24) is 0 Å². The van der Waals surface area contributed by atoms with Gasteiger partial charge in [-0.3, -0.25) is 14.4 Å². The van der Waals surface area contributed by atoms with Gasteiger partial charge in [-0.15, -0.1) is 0 Å². The number of unbranched alkanes of at least 4 members (excludes halogenated alkanes) is 19. The van der Waals surface area contributed by atoms with Crippen molar-refractivity contribution < 1.29 is 28.6 Å². The summed E-state index contributed by atoms with van der Waals surface area (Å²) < 4.78 is 16.8. The van der Waals surface area contributed by atoms with Crippen LogP contribution in [0.25, 0.3) is 0 Å². The third kappa shape index (κ3) is 50.8. The van der Waals surface area contributed by atoms with Crippen LogP contribution in [0.5, 0.6) is 0 Å². The number of ether oxygens (including phenoxy) is 3. The molecule has 0 aromatic carbocycles. The van der Waals surface area contributed by atoms with Crippen LogP contribution in [-0.2, 0) is 28.6 Å². The van der Waals surface area contributed by atoms with E-state index in [4.69, 9.17) is 14.2 Å². The monoisotopic (exact) mass is 913 g/mol. The smallest absolute Gasteiger partial charge is 0.306 e. The van der Waals surface area contributed by atoms with Gasteiger partial charge in [-0.05, 0) is 103 Å². The highest BCUT2D eigenvalue weighted by Crippen LogP contribution is 2.13. The van der Waals surface area contributed by atoms with Crippen molar-refractivity contribution in [2.45, 2.75) is 226 Å². The largest absolute Gasteiger partial charge is 0.462 e. The molecule has 0 aliphatic heterocycles. The van der Waals surface area contributed by atoms with E-state index >= 15 is 0 Å². The molecular weight excluding hydrogens is 817 g/mol. The molecule has 0 aromatic rings. The summed E-state index contributed by atoms with van der Waals surface area (Å²) in [7, 11) is 0. The highest BCUT2D eigenvalue weighted by molar-refractivity contribution is 5.71. The Morgan fingerprint density at radius 3 is 1.14 bits per heavy atom. The molecule has 0 saturated heterocycles. The fourth-order valence-electron chi connectivity index (χ4n) is 6.86. The summed E-state index contributed by atoms with van der Waals surface area (Å²) in [5.41, 5.74) is 0. The molecule has 66 heavy (non-hydrogen) atoms. The third-order valence-electron chi connectivity index (χ3n) is 10.8. The van der Waals surface area contributed by atoms with E-state index in [0.717, 1.165) is 96.3 Å². The molecule has 0 aliphatic rings. The van der Waals surface area contributed by atoms with Gasteiger partial charge in [-0.25, -0.2) is 0 Å². The van der Waals surface area contributed by atoms with E-state index < -0.39 is 6.10 Å². The Kier molecular flexibility index (Phi) is 50.0. The third-order valence-corrected chi connectivity index (χ3v) is 10.8. The quantitative estimate of drug-likeness (QED) is 0.0199. The molecule has 1 unspecified atom stereocenters. The van der Waals surface area contributed by atoms with Crippen LogP contribution < -0.4 is 0 Å². The number of carbonyl (C=O) groups excluding carboxylic acids is 3. The van der Waals surface area contributed by atoms with Crippen LogP contribution in [0.4, 0.5) is 0 Å². The van der Waals surface area contributed by atoms with Crippen LogP contribution in [0.2, 0.25) is 0 Å². The molecule has 0 aromatic heterocycles. The van der Waals surface area contributed by atoms with Gasteiger partial charge in [0.1, 0.15) is 13.2 Å². The fourth-order valence-corrected chi connectivity index (χ4v) is 6.86. The minimum absolute atomic E-state index is 0.110. The molecule has 0 aliphatic carbocycles. The molecule has 372 valence electrons. The van der Waals surface area contributed by atoms with Crippen molar-refractivity contribution in [2.24, 2.45) is 0 Å². The van der Waals surface area contributed by atoms with Gasteiger partial charge in [-0.2, -0.15) is 0 Å². The minimum atomic E-state index is -0.817. The molecule has 0 N–H and O–H groups in total. The van der Waals surface area contributed by atoms with E-state index in [-0.39, 0.29) is 37.5 Å². The molecule has 6 heteroatoms. The van der Waals surface area contributed by atoms with Crippen LogP contribution in [0, 0.1) is 0 Å². The SMILES string of the molecule is CC\C=C/C=C\C=C/C=C\C=C/CCCCCC(=O)OCC(COC(=O)CCCCCCCCC/C=C\CCCCCCCC)OC(=O)CCCCC/C=C\C/C=C\C/C=C\C/C=C\CC. The lowest BCUT2D eigenvalue weighted by Gasteiger charge is -2.18. The Balaban J connectivity index is 4.53. The zero-order valence-electron chi connectivity index (χ0n) is 42.4. The van der Waals surface area contributed by atoms with Crippen LogP contribution >= 0.6 is 0 Å². The molecule has 1 atom stereocenters. The molecule has 0 amide bonds. The van der Waals surface area contributed by atoms with Crippen molar-refractivity contribution in [1.29, 1.82) is 0 Å². The summed E-state index contributed by atoms with van der Waals surface area (Å²) >= 11 is 0. The van der Waals surface area contributed by atoms with Gasteiger partial charge in [-0.1, -0.05) is 219 Å². The van der Waals surface area contributed by atoms with Crippen LogP contribution in [0.3, 0.4) is 0 Å². The van der Waals surface area contributed by atoms with Gasteiger partial charge in [0, 0.05) is 19.3 Å². The lowest BCUT2D eigenvalue weighted by atomic mass is 10.1. The van der Waals surface area contributed by atoms with Gasteiger partial charge in [0.15, 0.2) is 6.10 Å². The van der Waals surface area contributed by atoms with E-state index in [1.807, 2.05) is 48.6 Å². The van der Waals surface area contributed by atoms with Crippen molar-refractivity contribution in [3.8, 4) is 0 Å². The minimum Gasteiger partial charge on any atom is -0.462 e. The van der Waals surface area contributed by atoms with E-state index in [9.17, 15) is 14.4 Å². The topological polar surface area (TPSA) is 78.9 Å². The first-order valence-corrected chi connectivity index (χ1v) is 26.6. The first-order chi connectivity index (χ1) is 32.5. The van der Waals surface area contributed by atoms with Crippen molar-refractivity contribution in [2.75, 3.05) is 13.2 Å². The van der Waals surface area contributed by atoms with E-state index in [2.05, 4.69) is 93.7 Å². The predicted molar refractivity (Wildman–Crippen MR) is 283 cm³/mol. The number of hydrogen-bond donors (Lipinski definition) is 0. The highest BCUT2D eigenvalue weighted by Gasteiger charge is 2.19. The molecule has 0 spiro atoms. The molecule has 0 saturated carbocycles. The molecule has 0 rings (SSSR count). The second kappa shape index (κ2) is 53.4. The summed E-state index contributed by atoms with van der Waals surface area (Å²) in [6.07, 6.45) is 73.2. The second-order valence-corrected chi connectivity index (χ2v) is 17.1. The van der Waals surface area contributed by atoms with Crippen molar-refractivity contribution >= 4 is 17.9 Å². The summed E-state index contributed by atoms with van der Waals surface area (Å²) in [4.78, 5) is 38.0. The van der Waals surface area contributed by atoms with Crippen LogP contribution in [0.15, 0.2) is 122 Å². The van der Waals surface area contributed by atoms with E-state index in [1.54, 1.807) is 0 Å². The standard InChI is InChI=1S/C60H96O6/c1-4-7-10-13-16-19-22-25-28-30-33-35-38-41-44-47-50-53-59(62)65-56-57(55-64-58(61)52-49-46-43-40-37-34-31-27-24-21-18-15-12-9-6-3)66-60(63)54-51-48-45-42-39-36-32-29-26-23-20-17-14-11-8-5-2/h8-9,11-12,15,17-18,20-21,24-29,31,34,36-37,39,57H,4-7,10,13-14,16,19,22-23,30,32-33,35,38,40-56H2,1-3H3/b11-8-,12-9-,18-15-,20-17-,24-21-,28-25-,29-26-,31-27-,37-34-,39-36-. The van der Waals surface area contributed by atoms with E-state index in [1.165, 1.54) is 77.0 Å². The average Bonchev–Trinajstić information content (AvgIpc) is 3.31. The molecular formula is C60H96O6. The lowest BCUT2D eigenvalue weighted by Crippen LogP contribution is -2.30. The van der Waals surface area contributed by atoms with E-state index in [0.29, 0.717) is 19.3 Å². The summed E-state index contributed by atoms with van der Waals surface area (Å²) in [5.74, 6) is -0.995. The molecule has 0 heterocycles. The van der Waals surface area contributed by atoms with Gasteiger partial charge < -0.3 is 14.2 Å². The Labute approximate surface area is 405 Å². The van der Waals surface area contributed by atoms with Gasteiger partial charge in [0.05, 0.1) is 0 Å². The van der Waals surface area contributed by atoms with Gasteiger partial charge in [0.25, 0.3) is 0 Å². The van der Waals surface area contributed by atoms with Gasteiger partial charge >= 0.3 is 17.9 Å². The zero-order valence-corrected chi connectivity index (χ0v) is 42.4. The Morgan fingerprint density at radius 1 is 0.333 bits per heavy atom. The number of carbonyl (C=O) groups is 3. The number of rotatable bonds is 46. The first-order valence-electron chi connectivity index (χ1n) is 26.6. The lowest BCUT2D eigenvalue weighted by molar-refractivity contribution is -0.167. The fraction of sp³-hybridized carbons (Fsp3) is 0.617. The van der Waals surface area contributed by atoms with Crippen LogP contribution in [-0.4, -0.2) is 37.2 Å².